The van der Waals surface area contributed by atoms with E-state index in [0.717, 1.165) is 18.4 Å². The highest BCUT2D eigenvalue weighted by Crippen LogP contribution is 2.48. The summed E-state index contributed by atoms with van der Waals surface area (Å²) in [4.78, 5) is 11.9. The van der Waals surface area contributed by atoms with Gasteiger partial charge in [-0.15, -0.1) is 0 Å². The number of benzene rings is 1. The second kappa shape index (κ2) is 6.35. The van der Waals surface area contributed by atoms with Crippen LogP contribution in [0.15, 0.2) is 12.1 Å². The lowest BCUT2D eigenvalue weighted by Gasteiger charge is -2.28. The largest absolute Gasteiger partial charge is 0.493 e. The Morgan fingerprint density at radius 1 is 1.14 bits per heavy atom. The standard InChI is InChI=1S/C16H22O5/c1-19-10-11-6-7-12(14(21-3)13(11)20-2)16(15(17)18)8-4-5-9-16/h6-7H,4-5,8-10H2,1-3H3,(H,17,18). The Morgan fingerprint density at radius 3 is 2.24 bits per heavy atom. The predicted octanol–water partition coefficient (Wildman–Crippen LogP) is 2.75. The molecule has 5 heteroatoms. The van der Waals surface area contributed by atoms with Gasteiger partial charge in [-0.25, -0.2) is 0 Å². The first-order valence-corrected chi connectivity index (χ1v) is 7.07. The third-order valence-corrected chi connectivity index (χ3v) is 4.28. The number of carboxylic acids is 1. The second-order valence-corrected chi connectivity index (χ2v) is 5.37. The summed E-state index contributed by atoms with van der Waals surface area (Å²) in [5.74, 6) is 0.278. The van der Waals surface area contributed by atoms with E-state index in [-0.39, 0.29) is 0 Å². The van der Waals surface area contributed by atoms with Crippen LogP contribution in [0.1, 0.15) is 36.8 Å². The van der Waals surface area contributed by atoms with Gasteiger partial charge in [0.05, 0.1) is 26.2 Å². The Labute approximate surface area is 124 Å². The van der Waals surface area contributed by atoms with Crippen LogP contribution in [0.25, 0.3) is 0 Å². The maximum Gasteiger partial charge on any atom is 0.314 e. The Hall–Kier alpha value is -1.75. The van der Waals surface area contributed by atoms with Gasteiger partial charge in [0.1, 0.15) is 0 Å². The first kappa shape index (κ1) is 15.6. The van der Waals surface area contributed by atoms with Crippen molar-refractivity contribution >= 4 is 5.97 Å². The van der Waals surface area contributed by atoms with Gasteiger partial charge >= 0.3 is 5.97 Å². The van der Waals surface area contributed by atoms with Crippen LogP contribution in [0.5, 0.6) is 11.5 Å². The van der Waals surface area contributed by atoms with E-state index in [1.165, 1.54) is 0 Å². The van der Waals surface area contributed by atoms with Crippen molar-refractivity contribution in [3.8, 4) is 11.5 Å². The molecule has 1 aromatic rings. The molecule has 1 aliphatic carbocycles. The molecule has 0 spiro atoms. The average Bonchev–Trinajstić information content (AvgIpc) is 2.97. The van der Waals surface area contributed by atoms with Crippen LogP contribution in [0.4, 0.5) is 0 Å². The number of methoxy groups -OCH3 is 3. The summed E-state index contributed by atoms with van der Waals surface area (Å²) < 4.78 is 16.1. The van der Waals surface area contributed by atoms with Crippen molar-refractivity contribution in [2.24, 2.45) is 0 Å². The van der Waals surface area contributed by atoms with Gasteiger partial charge < -0.3 is 19.3 Å². The van der Waals surface area contributed by atoms with E-state index in [4.69, 9.17) is 14.2 Å². The van der Waals surface area contributed by atoms with Crippen LogP contribution in [0.2, 0.25) is 0 Å². The zero-order valence-corrected chi connectivity index (χ0v) is 12.8. The van der Waals surface area contributed by atoms with Crippen LogP contribution >= 0.6 is 0 Å². The zero-order valence-electron chi connectivity index (χ0n) is 12.8. The van der Waals surface area contributed by atoms with Crippen LogP contribution in [-0.4, -0.2) is 32.4 Å². The maximum atomic E-state index is 11.9. The molecule has 1 aromatic carbocycles. The summed E-state index contributed by atoms with van der Waals surface area (Å²) >= 11 is 0. The molecule has 0 saturated heterocycles. The predicted molar refractivity (Wildman–Crippen MR) is 78.0 cm³/mol. The number of aliphatic carboxylic acids is 1. The molecule has 0 bridgehead atoms. The minimum Gasteiger partial charge on any atom is -0.493 e. The molecular formula is C16H22O5. The maximum absolute atomic E-state index is 11.9. The number of rotatable bonds is 6. The summed E-state index contributed by atoms with van der Waals surface area (Å²) in [6.45, 7) is 0.389. The van der Waals surface area contributed by atoms with Gasteiger partial charge in [-0.3, -0.25) is 4.79 Å². The highest BCUT2D eigenvalue weighted by Gasteiger charge is 2.45. The number of ether oxygens (including phenoxy) is 3. The molecular weight excluding hydrogens is 272 g/mol. The van der Waals surface area contributed by atoms with Gasteiger partial charge in [0, 0.05) is 18.2 Å². The molecule has 0 radical (unpaired) electrons. The fourth-order valence-corrected chi connectivity index (χ4v) is 3.25. The molecule has 1 aliphatic rings. The molecule has 2 rings (SSSR count). The van der Waals surface area contributed by atoms with E-state index in [0.29, 0.717) is 36.5 Å². The minimum absolute atomic E-state index is 0.389. The topological polar surface area (TPSA) is 65.0 Å². The molecule has 0 aromatic heterocycles. The molecule has 1 N–H and O–H groups in total. The molecule has 21 heavy (non-hydrogen) atoms. The van der Waals surface area contributed by atoms with Gasteiger partial charge in [-0.05, 0) is 12.8 Å². The highest BCUT2D eigenvalue weighted by molar-refractivity contribution is 5.83. The fraction of sp³-hybridized carbons (Fsp3) is 0.562. The number of hydrogen-bond acceptors (Lipinski definition) is 4. The van der Waals surface area contributed by atoms with Crippen LogP contribution in [0, 0.1) is 0 Å². The molecule has 5 nitrogen and oxygen atoms in total. The molecule has 0 aliphatic heterocycles. The van der Waals surface area contributed by atoms with E-state index in [1.807, 2.05) is 12.1 Å². The second-order valence-electron chi connectivity index (χ2n) is 5.37. The zero-order chi connectivity index (χ0) is 15.5. The van der Waals surface area contributed by atoms with Gasteiger partial charge in [-0.1, -0.05) is 25.0 Å². The summed E-state index contributed by atoms with van der Waals surface area (Å²) in [6, 6.07) is 3.71. The van der Waals surface area contributed by atoms with E-state index in [2.05, 4.69) is 0 Å². The van der Waals surface area contributed by atoms with Gasteiger partial charge in [-0.2, -0.15) is 0 Å². The molecule has 1 fully saturated rings. The summed E-state index contributed by atoms with van der Waals surface area (Å²) in [5.41, 5.74) is 0.676. The van der Waals surface area contributed by atoms with Crippen molar-refractivity contribution in [1.82, 2.24) is 0 Å². The Morgan fingerprint density at radius 2 is 1.76 bits per heavy atom. The van der Waals surface area contributed by atoms with E-state index in [9.17, 15) is 9.90 Å². The van der Waals surface area contributed by atoms with Crippen molar-refractivity contribution < 1.29 is 24.1 Å². The molecule has 116 valence electrons. The van der Waals surface area contributed by atoms with E-state index < -0.39 is 11.4 Å². The van der Waals surface area contributed by atoms with E-state index >= 15 is 0 Å². The van der Waals surface area contributed by atoms with Crippen molar-refractivity contribution in [3.63, 3.8) is 0 Å². The first-order chi connectivity index (χ1) is 10.1. The lowest BCUT2D eigenvalue weighted by atomic mass is 9.78. The van der Waals surface area contributed by atoms with E-state index in [1.54, 1.807) is 21.3 Å². The fourth-order valence-electron chi connectivity index (χ4n) is 3.25. The molecule has 0 unspecified atom stereocenters. The Bertz CT molecular complexity index is 518. The number of carboxylic acid groups (broad SMARTS) is 1. The third-order valence-electron chi connectivity index (χ3n) is 4.28. The summed E-state index contributed by atoms with van der Waals surface area (Å²) in [6.07, 6.45) is 3.09. The molecule has 0 heterocycles. The van der Waals surface area contributed by atoms with Crippen LogP contribution < -0.4 is 9.47 Å². The number of hydrogen-bond donors (Lipinski definition) is 1. The lowest BCUT2D eigenvalue weighted by Crippen LogP contribution is -2.33. The Balaban J connectivity index is 2.60. The first-order valence-electron chi connectivity index (χ1n) is 7.07. The van der Waals surface area contributed by atoms with Crippen molar-refractivity contribution in [2.45, 2.75) is 37.7 Å². The molecule has 0 amide bonds. The molecule has 1 saturated carbocycles. The minimum atomic E-state index is -0.871. The van der Waals surface area contributed by atoms with Crippen molar-refractivity contribution in [1.29, 1.82) is 0 Å². The highest BCUT2D eigenvalue weighted by atomic mass is 16.5. The average molecular weight is 294 g/mol. The quantitative estimate of drug-likeness (QED) is 0.874. The van der Waals surface area contributed by atoms with Crippen molar-refractivity contribution in [3.05, 3.63) is 23.3 Å². The lowest BCUT2D eigenvalue weighted by molar-refractivity contribution is -0.143. The monoisotopic (exact) mass is 294 g/mol. The van der Waals surface area contributed by atoms with Crippen LogP contribution in [-0.2, 0) is 21.6 Å². The SMILES string of the molecule is COCc1ccc(C2(C(=O)O)CCCC2)c(OC)c1OC. The van der Waals surface area contributed by atoms with Crippen molar-refractivity contribution in [2.75, 3.05) is 21.3 Å². The van der Waals surface area contributed by atoms with Crippen LogP contribution in [0.3, 0.4) is 0 Å². The third kappa shape index (κ3) is 2.58. The van der Waals surface area contributed by atoms with Gasteiger partial charge in [0.25, 0.3) is 0 Å². The van der Waals surface area contributed by atoms with Gasteiger partial charge in [0.15, 0.2) is 11.5 Å². The number of carbonyl (C=O) groups is 1. The summed E-state index contributed by atoms with van der Waals surface area (Å²) in [5, 5.41) is 9.75. The van der Waals surface area contributed by atoms with Gasteiger partial charge in [0.2, 0.25) is 0 Å². The Kier molecular flexibility index (Phi) is 4.73. The summed E-state index contributed by atoms with van der Waals surface area (Å²) in [7, 11) is 4.71. The smallest absolute Gasteiger partial charge is 0.314 e. The molecule has 0 atom stereocenters. The normalized spacial score (nSPS) is 16.7.